The van der Waals surface area contributed by atoms with E-state index >= 15 is 0 Å². The van der Waals surface area contributed by atoms with E-state index < -0.39 is 5.92 Å². The van der Waals surface area contributed by atoms with Gasteiger partial charge in [0.05, 0.1) is 5.92 Å². The molecule has 6 heteroatoms. The molecule has 1 heterocycles. The van der Waals surface area contributed by atoms with Crippen molar-refractivity contribution in [1.82, 2.24) is 4.90 Å². The number of imide groups is 1. The number of likely N-dealkylation sites (tertiary alicyclic amines) is 1. The first kappa shape index (κ1) is 15.2. The van der Waals surface area contributed by atoms with Gasteiger partial charge in [0.15, 0.2) is 0 Å². The Bertz CT molecular complexity index is 571. The predicted molar refractivity (Wildman–Crippen MR) is 77.0 cm³/mol. The van der Waals surface area contributed by atoms with E-state index in [9.17, 15) is 19.6 Å². The first-order valence-electron chi connectivity index (χ1n) is 7.06. The Hall–Kier alpha value is -2.24. The summed E-state index contributed by atoms with van der Waals surface area (Å²) in [6, 6.07) is 4.27. The molecule has 1 aliphatic rings. The highest BCUT2D eigenvalue weighted by Crippen LogP contribution is 2.30. The molecule has 1 aromatic rings. The third-order valence-corrected chi connectivity index (χ3v) is 3.71. The second-order valence-electron chi connectivity index (χ2n) is 5.25. The molecule has 0 bridgehead atoms. The van der Waals surface area contributed by atoms with Crippen molar-refractivity contribution < 1.29 is 14.7 Å². The molecule has 112 valence electrons. The van der Waals surface area contributed by atoms with Crippen molar-refractivity contribution in [2.45, 2.75) is 32.6 Å². The third-order valence-electron chi connectivity index (χ3n) is 3.71. The molecule has 0 aromatic heterocycles. The number of phenols is 1. The summed E-state index contributed by atoms with van der Waals surface area (Å²) in [5, 5.41) is 12.2. The second-order valence-corrected chi connectivity index (χ2v) is 5.25. The number of phenolic OH excluding ortho intramolecular Hbond substituents is 1. The molecular formula is C15H18N2O4. The minimum Gasteiger partial charge on any atom is -0.508 e. The zero-order chi connectivity index (χ0) is 15.4. The SMILES string of the molecule is CCCCN1C(=O)CC(Cc2ccc(O)cc2N=O)C1=O. The number of rotatable bonds is 6. The fourth-order valence-electron chi connectivity index (χ4n) is 2.54. The summed E-state index contributed by atoms with van der Waals surface area (Å²) < 4.78 is 0. The van der Waals surface area contributed by atoms with Gasteiger partial charge < -0.3 is 5.11 Å². The number of benzene rings is 1. The number of amides is 2. The van der Waals surface area contributed by atoms with Crippen molar-refractivity contribution >= 4 is 17.5 Å². The fourth-order valence-corrected chi connectivity index (χ4v) is 2.54. The number of nitrogens with zero attached hydrogens (tertiary/aromatic N) is 2. The average Bonchev–Trinajstić information content (AvgIpc) is 2.73. The largest absolute Gasteiger partial charge is 0.508 e. The maximum Gasteiger partial charge on any atom is 0.233 e. The summed E-state index contributed by atoms with van der Waals surface area (Å²) in [4.78, 5) is 36.2. The molecule has 0 aliphatic carbocycles. The first-order chi connectivity index (χ1) is 10.1. The number of nitroso groups, excluding NO2 is 1. The van der Waals surface area contributed by atoms with Crippen LogP contribution in [0.4, 0.5) is 5.69 Å². The van der Waals surface area contributed by atoms with Gasteiger partial charge in [0.1, 0.15) is 11.4 Å². The van der Waals surface area contributed by atoms with Gasteiger partial charge in [0.2, 0.25) is 11.8 Å². The van der Waals surface area contributed by atoms with E-state index in [0.29, 0.717) is 12.1 Å². The molecule has 1 unspecified atom stereocenters. The minimum atomic E-state index is -0.445. The lowest BCUT2D eigenvalue weighted by Gasteiger charge is -2.14. The summed E-state index contributed by atoms with van der Waals surface area (Å²) >= 11 is 0. The Morgan fingerprint density at radius 3 is 2.81 bits per heavy atom. The lowest BCUT2D eigenvalue weighted by molar-refractivity contribution is -0.139. The molecule has 1 atom stereocenters. The van der Waals surface area contributed by atoms with Crippen LogP contribution in [0.25, 0.3) is 0 Å². The van der Waals surface area contributed by atoms with E-state index in [1.165, 1.54) is 17.0 Å². The standard InChI is InChI=1S/C15H18N2O4/c1-2-3-6-17-14(19)8-11(15(17)20)7-10-4-5-12(18)9-13(10)16-21/h4-5,9,11,18H,2-3,6-8H2,1H3. The highest BCUT2D eigenvalue weighted by atomic mass is 16.3. The molecule has 1 aromatic carbocycles. The topological polar surface area (TPSA) is 87.0 Å². The third kappa shape index (κ3) is 3.26. The molecule has 2 rings (SSSR count). The summed E-state index contributed by atoms with van der Waals surface area (Å²) in [5.41, 5.74) is 0.688. The van der Waals surface area contributed by atoms with Gasteiger partial charge in [-0.2, -0.15) is 0 Å². The molecule has 21 heavy (non-hydrogen) atoms. The molecule has 1 saturated heterocycles. The number of carbonyl (C=O) groups is 2. The van der Waals surface area contributed by atoms with Gasteiger partial charge in [-0.25, -0.2) is 0 Å². The normalized spacial score (nSPS) is 18.3. The van der Waals surface area contributed by atoms with Crippen molar-refractivity contribution in [2.75, 3.05) is 6.54 Å². The van der Waals surface area contributed by atoms with Crippen LogP contribution in [-0.4, -0.2) is 28.4 Å². The number of hydrogen-bond donors (Lipinski definition) is 1. The van der Waals surface area contributed by atoms with Crippen molar-refractivity contribution in [2.24, 2.45) is 11.1 Å². The van der Waals surface area contributed by atoms with Gasteiger partial charge in [0, 0.05) is 19.0 Å². The maximum atomic E-state index is 12.2. The van der Waals surface area contributed by atoms with Gasteiger partial charge in [0.25, 0.3) is 0 Å². The molecule has 1 N–H and O–H groups in total. The second kappa shape index (κ2) is 6.47. The van der Waals surface area contributed by atoms with Crippen molar-refractivity contribution in [3.05, 3.63) is 28.7 Å². The Balaban J connectivity index is 2.12. The van der Waals surface area contributed by atoms with Crippen LogP contribution in [-0.2, 0) is 16.0 Å². The highest BCUT2D eigenvalue weighted by Gasteiger charge is 2.38. The smallest absolute Gasteiger partial charge is 0.233 e. The van der Waals surface area contributed by atoms with Crippen molar-refractivity contribution in [3.63, 3.8) is 0 Å². The molecule has 1 aliphatic heterocycles. The van der Waals surface area contributed by atoms with E-state index in [4.69, 9.17) is 0 Å². The number of unbranched alkanes of at least 4 members (excludes halogenated alkanes) is 1. The van der Waals surface area contributed by atoms with Crippen LogP contribution in [0.3, 0.4) is 0 Å². The molecule has 0 spiro atoms. The van der Waals surface area contributed by atoms with Crippen LogP contribution in [0.5, 0.6) is 5.75 Å². The Labute approximate surface area is 122 Å². The number of hydrogen-bond acceptors (Lipinski definition) is 5. The van der Waals surface area contributed by atoms with Crippen LogP contribution in [0.1, 0.15) is 31.7 Å². The zero-order valence-corrected chi connectivity index (χ0v) is 11.9. The molecule has 1 fully saturated rings. The van der Waals surface area contributed by atoms with Gasteiger partial charge in [-0.3, -0.25) is 14.5 Å². The maximum absolute atomic E-state index is 12.2. The van der Waals surface area contributed by atoms with Gasteiger partial charge in [-0.05, 0) is 29.6 Å². The van der Waals surface area contributed by atoms with Gasteiger partial charge in [-0.1, -0.05) is 19.4 Å². The van der Waals surface area contributed by atoms with Crippen LogP contribution in [0.2, 0.25) is 0 Å². The molecule has 0 saturated carbocycles. The molecule has 6 nitrogen and oxygen atoms in total. The highest BCUT2D eigenvalue weighted by molar-refractivity contribution is 6.03. The summed E-state index contributed by atoms with van der Waals surface area (Å²) in [5.74, 6) is -0.831. The van der Waals surface area contributed by atoms with Crippen LogP contribution < -0.4 is 0 Å². The van der Waals surface area contributed by atoms with Gasteiger partial charge in [-0.15, -0.1) is 4.91 Å². The lowest BCUT2D eigenvalue weighted by Crippen LogP contribution is -2.31. The van der Waals surface area contributed by atoms with Crippen LogP contribution in [0, 0.1) is 10.8 Å². The molecule has 2 amide bonds. The molecule has 0 radical (unpaired) electrons. The monoisotopic (exact) mass is 290 g/mol. The minimum absolute atomic E-state index is 0.0493. The fraction of sp³-hybridized carbons (Fsp3) is 0.467. The quantitative estimate of drug-likeness (QED) is 0.644. The van der Waals surface area contributed by atoms with E-state index in [2.05, 4.69) is 5.18 Å². The number of carbonyl (C=O) groups excluding carboxylic acids is 2. The summed E-state index contributed by atoms with van der Waals surface area (Å²) in [6.07, 6.45) is 2.17. The number of aromatic hydroxyl groups is 1. The Kier molecular flexibility index (Phi) is 4.67. The van der Waals surface area contributed by atoms with E-state index in [1.54, 1.807) is 6.07 Å². The summed E-state index contributed by atoms with van der Waals surface area (Å²) in [7, 11) is 0. The van der Waals surface area contributed by atoms with E-state index in [-0.39, 0.29) is 36.1 Å². The predicted octanol–water partition coefficient (Wildman–Crippen LogP) is 2.51. The average molecular weight is 290 g/mol. The Morgan fingerprint density at radius 2 is 2.14 bits per heavy atom. The first-order valence-corrected chi connectivity index (χ1v) is 7.06. The lowest BCUT2D eigenvalue weighted by atomic mass is 9.96. The summed E-state index contributed by atoms with van der Waals surface area (Å²) in [6.45, 7) is 2.46. The zero-order valence-electron chi connectivity index (χ0n) is 11.9. The van der Waals surface area contributed by atoms with Crippen molar-refractivity contribution in [1.29, 1.82) is 0 Å². The van der Waals surface area contributed by atoms with E-state index in [0.717, 1.165) is 12.8 Å². The molecular weight excluding hydrogens is 272 g/mol. The van der Waals surface area contributed by atoms with Gasteiger partial charge >= 0.3 is 0 Å². The van der Waals surface area contributed by atoms with Crippen LogP contribution >= 0.6 is 0 Å². The van der Waals surface area contributed by atoms with Crippen molar-refractivity contribution in [3.8, 4) is 5.75 Å². The Morgan fingerprint density at radius 1 is 1.38 bits per heavy atom. The van der Waals surface area contributed by atoms with E-state index in [1.807, 2.05) is 6.92 Å². The van der Waals surface area contributed by atoms with Crippen LogP contribution in [0.15, 0.2) is 23.4 Å².